The number of pyridine rings is 1. The zero-order valence-corrected chi connectivity index (χ0v) is 16.6. The summed E-state index contributed by atoms with van der Waals surface area (Å²) >= 11 is 0. The lowest BCUT2D eigenvalue weighted by molar-refractivity contribution is -0.137. The molecule has 0 saturated carbocycles. The summed E-state index contributed by atoms with van der Waals surface area (Å²) in [5, 5.41) is 13.0. The molecule has 8 nitrogen and oxygen atoms in total. The Bertz CT molecular complexity index is 1080. The Morgan fingerprint density at radius 1 is 1.30 bits per heavy atom. The van der Waals surface area contributed by atoms with E-state index in [-0.39, 0.29) is 29.8 Å². The Kier molecular flexibility index (Phi) is 4.85. The largest absolute Gasteiger partial charge is 0.503 e. The van der Waals surface area contributed by atoms with Gasteiger partial charge in [-0.3, -0.25) is 14.4 Å². The molecule has 158 valence electrons. The summed E-state index contributed by atoms with van der Waals surface area (Å²) in [4.78, 5) is 39.6. The van der Waals surface area contributed by atoms with Gasteiger partial charge in [-0.05, 0) is 17.7 Å². The number of hydrogen-bond acceptors (Lipinski definition) is 5. The highest BCUT2D eigenvalue weighted by Gasteiger charge is 2.42. The minimum Gasteiger partial charge on any atom is -0.503 e. The van der Waals surface area contributed by atoms with Crippen LogP contribution in [0.5, 0.6) is 5.75 Å². The van der Waals surface area contributed by atoms with Crippen molar-refractivity contribution in [3.05, 3.63) is 63.3 Å². The second-order valence-electron chi connectivity index (χ2n) is 8.39. The lowest BCUT2D eigenvalue weighted by atomic mass is 9.91. The van der Waals surface area contributed by atoms with Crippen LogP contribution in [0.4, 0.5) is 4.39 Å². The van der Waals surface area contributed by atoms with Gasteiger partial charge in [-0.25, -0.2) is 4.39 Å². The molecule has 2 aromatic rings. The minimum atomic E-state index is -0.915. The second kappa shape index (κ2) is 7.24. The van der Waals surface area contributed by atoms with E-state index in [9.17, 15) is 23.9 Å². The van der Waals surface area contributed by atoms with Gasteiger partial charge in [-0.15, -0.1) is 0 Å². The van der Waals surface area contributed by atoms with Gasteiger partial charge >= 0.3 is 0 Å². The summed E-state index contributed by atoms with van der Waals surface area (Å²) in [5.41, 5.74) is -0.939. The van der Waals surface area contributed by atoms with Gasteiger partial charge in [-0.2, -0.15) is 0 Å². The summed E-state index contributed by atoms with van der Waals surface area (Å²) in [6.45, 7) is 5.11. The van der Waals surface area contributed by atoms with E-state index in [1.165, 1.54) is 39.9 Å². The fourth-order valence-corrected chi connectivity index (χ4v) is 3.74. The number of carbonyl (C=O) groups is 2. The quantitative estimate of drug-likeness (QED) is 0.791. The number of ether oxygens (including phenoxy) is 1. The highest BCUT2D eigenvalue weighted by molar-refractivity contribution is 5.99. The fourth-order valence-electron chi connectivity index (χ4n) is 3.74. The van der Waals surface area contributed by atoms with Crippen LogP contribution in [0.15, 0.2) is 35.3 Å². The molecule has 1 aromatic carbocycles. The average Bonchev–Trinajstić information content (AvgIpc) is 2.70. The van der Waals surface area contributed by atoms with Crippen molar-refractivity contribution in [1.29, 1.82) is 0 Å². The Hall–Kier alpha value is -3.20. The van der Waals surface area contributed by atoms with E-state index < -0.39 is 35.0 Å². The minimum absolute atomic E-state index is 0.0780. The van der Waals surface area contributed by atoms with E-state index in [0.717, 1.165) is 0 Å². The maximum absolute atomic E-state index is 13.0. The van der Waals surface area contributed by atoms with Crippen LogP contribution in [-0.2, 0) is 17.8 Å². The van der Waals surface area contributed by atoms with Crippen LogP contribution in [0.2, 0.25) is 0 Å². The number of carbonyl (C=O) groups excluding carboxylic acids is 2. The van der Waals surface area contributed by atoms with Crippen LogP contribution >= 0.6 is 0 Å². The van der Waals surface area contributed by atoms with E-state index in [4.69, 9.17) is 4.74 Å². The van der Waals surface area contributed by atoms with Crippen LogP contribution in [0.25, 0.3) is 0 Å². The number of benzene rings is 1. The number of rotatable bonds is 3. The van der Waals surface area contributed by atoms with Crippen molar-refractivity contribution in [3.63, 3.8) is 0 Å². The van der Waals surface area contributed by atoms with E-state index in [0.29, 0.717) is 18.7 Å². The molecule has 2 aliphatic heterocycles. The molecule has 2 aliphatic rings. The predicted molar refractivity (Wildman–Crippen MR) is 104 cm³/mol. The normalized spacial score (nSPS) is 19.8. The van der Waals surface area contributed by atoms with Crippen molar-refractivity contribution in [2.24, 2.45) is 5.41 Å². The number of aromatic hydroxyl groups is 1. The lowest BCUT2D eigenvalue weighted by Gasteiger charge is -2.46. The van der Waals surface area contributed by atoms with Crippen molar-refractivity contribution in [3.8, 4) is 5.75 Å². The number of amides is 2. The highest BCUT2D eigenvalue weighted by atomic mass is 19.1. The SMILES string of the molecule is CC1(C)CO[C@@H]2Cn3cc(C(=O)NCc4ccc(F)cc4)c(=O)c(O)c3C(=O)N2C1. The standard InChI is InChI=1S/C21H22FN3O5/c1-21(2)10-25-15(30-11-21)9-24-8-14(17(26)18(27)16(24)20(25)29)19(28)23-7-12-3-5-13(22)6-4-12/h3-6,8,15,27H,7,9-11H2,1-2H3,(H,23,28)/t15-/m1/s1. The Balaban J connectivity index is 1.61. The molecule has 1 aromatic heterocycles. The molecular weight excluding hydrogens is 393 g/mol. The predicted octanol–water partition coefficient (Wildman–Crippen LogP) is 1.46. The molecule has 3 heterocycles. The smallest absolute Gasteiger partial charge is 0.276 e. The van der Waals surface area contributed by atoms with Gasteiger partial charge in [0.15, 0.2) is 17.7 Å². The van der Waals surface area contributed by atoms with Gasteiger partial charge in [0.05, 0.1) is 13.2 Å². The average molecular weight is 415 g/mol. The molecule has 9 heteroatoms. The highest BCUT2D eigenvalue weighted by Crippen LogP contribution is 2.32. The fraction of sp³-hybridized carbons (Fsp3) is 0.381. The van der Waals surface area contributed by atoms with E-state index in [1.54, 1.807) is 0 Å². The topological polar surface area (TPSA) is 101 Å². The third-order valence-corrected chi connectivity index (χ3v) is 5.30. The van der Waals surface area contributed by atoms with E-state index >= 15 is 0 Å². The number of nitrogens with zero attached hydrogens (tertiary/aromatic N) is 2. The summed E-state index contributed by atoms with van der Waals surface area (Å²) < 4.78 is 20.2. The number of halogens is 1. The number of aromatic nitrogens is 1. The molecule has 0 aliphatic carbocycles. The van der Waals surface area contributed by atoms with Crippen molar-refractivity contribution in [1.82, 2.24) is 14.8 Å². The van der Waals surface area contributed by atoms with E-state index in [1.807, 2.05) is 13.8 Å². The third kappa shape index (κ3) is 3.56. The zero-order chi connectivity index (χ0) is 21.6. The molecule has 4 rings (SSSR count). The monoisotopic (exact) mass is 415 g/mol. The molecule has 1 atom stereocenters. The molecule has 2 N–H and O–H groups in total. The third-order valence-electron chi connectivity index (χ3n) is 5.30. The lowest BCUT2D eigenvalue weighted by Crippen LogP contribution is -2.58. The van der Waals surface area contributed by atoms with Crippen LogP contribution in [0.1, 0.15) is 40.3 Å². The molecule has 2 amide bonds. The summed E-state index contributed by atoms with van der Waals surface area (Å²) in [5.74, 6) is -2.35. The molecular formula is C21H22FN3O5. The summed E-state index contributed by atoms with van der Waals surface area (Å²) in [6.07, 6.45) is 0.741. The molecule has 30 heavy (non-hydrogen) atoms. The van der Waals surface area contributed by atoms with Crippen molar-refractivity contribution in [2.45, 2.75) is 33.2 Å². The van der Waals surface area contributed by atoms with Gasteiger partial charge in [0.25, 0.3) is 11.8 Å². The van der Waals surface area contributed by atoms with Crippen LogP contribution in [-0.4, -0.2) is 45.8 Å². The zero-order valence-electron chi connectivity index (χ0n) is 16.6. The molecule has 0 bridgehead atoms. The van der Waals surface area contributed by atoms with Crippen molar-refractivity contribution >= 4 is 11.8 Å². The first-order valence-electron chi connectivity index (χ1n) is 9.58. The van der Waals surface area contributed by atoms with Gasteiger partial charge in [0.1, 0.15) is 11.4 Å². The first-order valence-corrected chi connectivity index (χ1v) is 9.58. The molecule has 0 radical (unpaired) electrons. The maximum atomic E-state index is 13.0. The van der Waals surface area contributed by atoms with Crippen molar-refractivity contribution < 1.29 is 23.8 Å². The number of nitrogens with one attached hydrogen (secondary N) is 1. The van der Waals surface area contributed by atoms with Crippen LogP contribution in [0, 0.1) is 11.2 Å². The van der Waals surface area contributed by atoms with Gasteiger partial charge in [0, 0.05) is 24.7 Å². The Labute approximate surface area is 171 Å². The maximum Gasteiger partial charge on any atom is 0.276 e. The van der Waals surface area contributed by atoms with Gasteiger partial charge < -0.3 is 24.6 Å². The summed E-state index contributed by atoms with van der Waals surface area (Å²) in [7, 11) is 0. The molecule has 1 saturated heterocycles. The van der Waals surface area contributed by atoms with Gasteiger partial charge in [-0.1, -0.05) is 26.0 Å². The van der Waals surface area contributed by atoms with E-state index in [2.05, 4.69) is 5.32 Å². The number of hydrogen-bond donors (Lipinski definition) is 2. The first kappa shape index (κ1) is 20.1. The molecule has 0 unspecified atom stereocenters. The second-order valence-corrected chi connectivity index (χ2v) is 8.39. The van der Waals surface area contributed by atoms with Gasteiger partial charge in [0.2, 0.25) is 5.43 Å². The molecule has 0 spiro atoms. The first-order chi connectivity index (χ1) is 14.2. The number of fused-ring (bicyclic) bond motifs is 2. The molecule has 1 fully saturated rings. The van der Waals surface area contributed by atoms with Crippen LogP contribution < -0.4 is 10.7 Å². The summed E-state index contributed by atoms with van der Waals surface area (Å²) in [6, 6.07) is 5.57. The van der Waals surface area contributed by atoms with Crippen molar-refractivity contribution in [2.75, 3.05) is 13.2 Å². The Morgan fingerprint density at radius 3 is 2.70 bits per heavy atom. The Morgan fingerprint density at radius 2 is 2.00 bits per heavy atom. The van der Waals surface area contributed by atoms with Crippen LogP contribution in [0.3, 0.4) is 0 Å².